The maximum Gasteiger partial charge on any atom is 0.241 e. The smallest absolute Gasteiger partial charge is 0.241 e. The van der Waals surface area contributed by atoms with Crippen molar-refractivity contribution in [2.75, 3.05) is 32.2 Å². The summed E-state index contributed by atoms with van der Waals surface area (Å²) in [5.41, 5.74) is 6.38. The Morgan fingerprint density at radius 1 is 1.42 bits per heavy atom. The fourth-order valence-corrected chi connectivity index (χ4v) is 1.73. The fraction of sp³-hybridized carbons (Fsp3) is 0.462. The lowest BCUT2D eigenvalue weighted by Gasteiger charge is -2.19. The normalized spacial score (nSPS) is 14.8. The Morgan fingerprint density at radius 3 is 2.89 bits per heavy atom. The van der Waals surface area contributed by atoms with Crippen LogP contribution in [0.5, 0.6) is 11.5 Å². The molecule has 1 unspecified atom stereocenters. The first-order valence-electron chi connectivity index (χ1n) is 6.15. The first-order chi connectivity index (χ1) is 9.20. The minimum Gasteiger partial charge on any atom is -0.486 e. The molecule has 0 aliphatic carbocycles. The molecule has 0 saturated heterocycles. The van der Waals surface area contributed by atoms with Crippen LogP contribution in [-0.2, 0) is 9.53 Å². The molecule has 19 heavy (non-hydrogen) atoms. The zero-order chi connectivity index (χ0) is 13.7. The Labute approximate surface area is 111 Å². The number of ether oxygens (including phenoxy) is 3. The molecule has 1 aromatic rings. The molecule has 1 aromatic carbocycles. The van der Waals surface area contributed by atoms with E-state index in [9.17, 15) is 4.79 Å². The van der Waals surface area contributed by atoms with E-state index in [0.29, 0.717) is 43.4 Å². The monoisotopic (exact) mass is 266 g/mol. The maximum atomic E-state index is 11.8. The third kappa shape index (κ3) is 3.59. The van der Waals surface area contributed by atoms with E-state index >= 15 is 0 Å². The van der Waals surface area contributed by atoms with Crippen molar-refractivity contribution < 1.29 is 19.0 Å². The lowest BCUT2D eigenvalue weighted by molar-refractivity contribution is -0.117. The Morgan fingerprint density at radius 2 is 2.16 bits per heavy atom. The molecule has 2 rings (SSSR count). The van der Waals surface area contributed by atoms with Crippen molar-refractivity contribution in [2.45, 2.75) is 12.5 Å². The second-order valence-corrected chi connectivity index (χ2v) is 4.24. The van der Waals surface area contributed by atoms with Gasteiger partial charge in [0.25, 0.3) is 0 Å². The predicted octanol–water partition coefficient (Wildman–Crippen LogP) is 0.760. The van der Waals surface area contributed by atoms with Crippen LogP contribution < -0.4 is 20.5 Å². The Kier molecular flexibility index (Phi) is 4.59. The minimum atomic E-state index is -0.590. The molecule has 1 heterocycles. The highest BCUT2D eigenvalue weighted by molar-refractivity contribution is 5.94. The third-order valence-corrected chi connectivity index (χ3v) is 2.78. The quantitative estimate of drug-likeness (QED) is 0.822. The lowest BCUT2D eigenvalue weighted by atomic mass is 10.2. The molecule has 3 N–H and O–H groups in total. The Bertz CT molecular complexity index is 450. The van der Waals surface area contributed by atoms with Crippen LogP contribution in [0.3, 0.4) is 0 Å². The van der Waals surface area contributed by atoms with Gasteiger partial charge in [-0.25, -0.2) is 0 Å². The average molecular weight is 266 g/mol. The predicted molar refractivity (Wildman–Crippen MR) is 70.5 cm³/mol. The van der Waals surface area contributed by atoms with E-state index in [2.05, 4.69) is 5.32 Å². The van der Waals surface area contributed by atoms with Crippen LogP contribution in [0.4, 0.5) is 5.69 Å². The van der Waals surface area contributed by atoms with Crippen LogP contribution in [0, 0.1) is 0 Å². The summed E-state index contributed by atoms with van der Waals surface area (Å²) in [5, 5.41) is 2.75. The number of rotatable bonds is 5. The summed E-state index contributed by atoms with van der Waals surface area (Å²) >= 11 is 0. The van der Waals surface area contributed by atoms with Crippen molar-refractivity contribution in [1.82, 2.24) is 0 Å². The molecule has 6 heteroatoms. The number of anilines is 1. The summed E-state index contributed by atoms with van der Waals surface area (Å²) in [4.78, 5) is 11.8. The second kappa shape index (κ2) is 6.40. The summed E-state index contributed by atoms with van der Waals surface area (Å²) < 4.78 is 15.7. The van der Waals surface area contributed by atoms with Crippen LogP contribution in [0.1, 0.15) is 6.42 Å². The summed E-state index contributed by atoms with van der Waals surface area (Å²) in [7, 11) is 1.57. The maximum absolute atomic E-state index is 11.8. The lowest BCUT2D eigenvalue weighted by Crippen LogP contribution is -2.36. The molecule has 6 nitrogen and oxygen atoms in total. The van der Waals surface area contributed by atoms with Gasteiger partial charge in [-0.2, -0.15) is 0 Å². The number of nitrogens with one attached hydrogen (secondary N) is 1. The van der Waals surface area contributed by atoms with E-state index in [1.54, 1.807) is 25.3 Å². The number of methoxy groups -OCH3 is 1. The molecule has 1 amide bonds. The number of carbonyl (C=O) groups is 1. The highest BCUT2D eigenvalue weighted by Crippen LogP contribution is 2.32. The van der Waals surface area contributed by atoms with Gasteiger partial charge in [-0.1, -0.05) is 0 Å². The van der Waals surface area contributed by atoms with E-state index in [1.807, 2.05) is 0 Å². The van der Waals surface area contributed by atoms with Gasteiger partial charge in [0.05, 0.1) is 6.04 Å². The first kappa shape index (κ1) is 13.6. The minimum absolute atomic E-state index is 0.242. The standard InChI is InChI=1S/C13H18N2O4/c1-17-5-4-10(14)13(16)15-9-2-3-11-12(8-9)19-7-6-18-11/h2-3,8,10H,4-7,14H2,1H3,(H,15,16). The molecular formula is C13H18N2O4. The van der Waals surface area contributed by atoms with Crippen molar-refractivity contribution in [2.24, 2.45) is 5.73 Å². The molecular weight excluding hydrogens is 248 g/mol. The molecule has 1 aliphatic heterocycles. The van der Waals surface area contributed by atoms with Gasteiger partial charge in [0.15, 0.2) is 11.5 Å². The van der Waals surface area contributed by atoms with Gasteiger partial charge in [0, 0.05) is 25.5 Å². The van der Waals surface area contributed by atoms with E-state index in [4.69, 9.17) is 19.9 Å². The summed E-state index contributed by atoms with van der Waals surface area (Å²) in [6.07, 6.45) is 0.479. The van der Waals surface area contributed by atoms with Crippen LogP contribution >= 0.6 is 0 Å². The zero-order valence-electron chi connectivity index (χ0n) is 10.8. The number of amides is 1. The van der Waals surface area contributed by atoms with Crippen LogP contribution in [0.15, 0.2) is 18.2 Å². The Balaban J connectivity index is 1.97. The largest absolute Gasteiger partial charge is 0.486 e. The topological polar surface area (TPSA) is 82.8 Å². The molecule has 1 aliphatic rings. The van der Waals surface area contributed by atoms with Crippen molar-refractivity contribution in [3.63, 3.8) is 0 Å². The van der Waals surface area contributed by atoms with Crippen LogP contribution in [0.2, 0.25) is 0 Å². The van der Waals surface area contributed by atoms with E-state index < -0.39 is 6.04 Å². The summed E-state index contributed by atoms with van der Waals surface area (Å²) in [6, 6.07) is 4.67. The van der Waals surface area contributed by atoms with Gasteiger partial charge in [0.2, 0.25) is 5.91 Å². The third-order valence-electron chi connectivity index (χ3n) is 2.78. The molecule has 104 valence electrons. The van der Waals surface area contributed by atoms with Crippen molar-refractivity contribution in [3.05, 3.63) is 18.2 Å². The van der Waals surface area contributed by atoms with Gasteiger partial charge < -0.3 is 25.3 Å². The van der Waals surface area contributed by atoms with Gasteiger partial charge in [-0.05, 0) is 18.6 Å². The number of carbonyl (C=O) groups excluding carboxylic acids is 1. The van der Waals surface area contributed by atoms with Gasteiger partial charge in [-0.15, -0.1) is 0 Å². The van der Waals surface area contributed by atoms with Crippen molar-refractivity contribution in [3.8, 4) is 11.5 Å². The van der Waals surface area contributed by atoms with Gasteiger partial charge in [0.1, 0.15) is 13.2 Å². The van der Waals surface area contributed by atoms with Crippen molar-refractivity contribution >= 4 is 11.6 Å². The molecule has 0 aromatic heterocycles. The number of fused-ring (bicyclic) bond motifs is 1. The molecule has 0 saturated carbocycles. The summed E-state index contributed by atoms with van der Waals surface area (Å²) in [5.74, 6) is 1.08. The number of hydrogen-bond acceptors (Lipinski definition) is 5. The van der Waals surface area contributed by atoms with E-state index in [0.717, 1.165) is 0 Å². The molecule has 0 radical (unpaired) electrons. The van der Waals surface area contributed by atoms with Crippen LogP contribution in [-0.4, -0.2) is 38.9 Å². The van der Waals surface area contributed by atoms with Crippen LogP contribution in [0.25, 0.3) is 0 Å². The molecule has 0 fully saturated rings. The summed E-state index contributed by atoms with van der Waals surface area (Å²) in [6.45, 7) is 1.51. The number of hydrogen-bond donors (Lipinski definition) is 2. The number of benzene rings is 1. The van der Waals surface area contributed by atoms with E-state index in [-0.39, 0.29) is 5.91 Å². The molecule has 1 atom stereocenters. The fourth-order valence-electron chi connectivity index (χ4n) is 1.73. The number of nitrogens with two attached hydrogens (primary N) is 1. The highest BCUT2D eigenvalue weighted by Gasteiger charge is 2.16. The second-order valence-electron chi connectivity index (χ2n) is 4.24. The molecule has 0 bridgehead atoms. The van der Waals surface area contributed by atoms with Crippen molar-refractivity contribution in [1.29, 1.82) is 0 Å². The highest BCUT2D eigenvalue weighted by atomic mass is 16.6. The SMILES string of the molecule is COCCC(N)C(=O)Nc1ccc2c(c1)OCCO2. The van der Waals surface area contributed by atoms with Gasteiger partial charge >= 0.3 is 0 Å². The zero-order valence-corrected chi connectivity index (χ0v) is 10.8. The first-order valence-corrected chi connectivity index (χ1v) is 6.15. The molecule has 0 spiro atoms. The average Bonchev–Trinajstić information content (AvgIpc) is 2.44. The van der Waals surface area contributed by atoms with E-state index in [1.165, 1.54) is 0 Å². The van der Waals surface area contributed by atoms with Gasteiger partial charge in [-0.3, -0.25) is 4.79 Å². The Hall–Kier alpha value is -1.79.